The Morgan fingerprint density at radius 1 is 0.857 bits per heavy atom. The standard InChI is InChI=1S/C31H43N3O/c35-31(32-29-17-8-3-9-18-29)34-23-28(30(24-34)27-15-6-2-7-16-27)22-33-20-19-26(21-33)14-10-13-25-11-4-1-5-12-25/h1-2,4-7,11-12,15-16,26,28-30H,3,8-10,13-14,17-24H2,(H,32,35)/t26?,28-,30+/m0/s1. The largest absolute Gasteiger partial charge is 0.335 e. The molecule has 1 unspecified atom stereocenters. The second-order valence-electron chi connectivity index (χ2n) is 11.3. The van der Waals surface area contributed by atoms with Gasteiger partial charge >= 0.3 is 6.03 Å². The fourth-order valence-electron chi connectivity index (χ4n) is 6.70. The number of likely N-dealkylation sites (tertiary alicyclic amines) is 2. The van der Waals surface area contributed by atoms with Crippen LogP contribution >= 0.6 is 0 Å². The van der Waals surface area contributed by atoms with Crippen molar-refractivity contribution in [2.45, 2.75) is 69.7 Å². The molecule has 4 heteroatoms. The van der Waals surface area contributed by atoms with Crippen molar-refractivity contribution in [2.24, 2.45) is 11.8 Å². The third-order valence-electron chi connectivity index (χ3n) is 8.67. The zero-order valence-corrected chi connectivity index (χ0v) is 21.3. The highest BCUT2D eigenvalue weighted by atomic mass is 16.2. The lowest BCUT2D eigenvalue weighted by Gasteiger charge is -2.26. The molecule has 0 radical (unpaired) electrons. The van der Waals surface area contributed by atoms with Crippen LogP contribution in [0.1, 0.15) is 68.4 Å². The van der Waals surface area contributed by atoms with Crippen LogP contribution in [0.5, 0.6) is 0 Å². The van der Waals surface area contributed by atoms with Crippen LogP contribution in [0.2, 0.25) is 0 Å². The molecule has 2 aliphatic heterocycles. The molecule has 0 bridgehead atoms. The van der Waals surface area contributed by atoms with Gasteiger partial charge in [0.05, 0.1) is 0 Å². The summed E-state index contributed by atoms with van der Waals surface area (Å²) in [4.78, 5) is 18.0. The van der Waals surface area contributed by atoms with Crippen LogP contribution in [0.15, 0.2) is 60.7 Å². The summed E-state index contributed by atoms with van der Waals surface area (Å²) in [5.74, 6) is 1.77. The van der Waals surface area contributed by atoms with Gasteiger partial charge in [0.2, 0.25) is 0 Å². The average molecular weight is 474 g/mol. The Morgan fingerprint density at radius 2 is 1.60 bits per heavy atom. The Balaban J connectivity index is 1.15. The first kappa shape index (κ1) is 24.4. The number of aryl methyl sites for hydroxylation is 1. The van der Waals surface area contributed by atoms with Crippen molar-refractivity contribution < 1.29 is 4.79 Å². The lowest BCUT2D eigenvalue weighted by atomic mass is 9.88. The fraction of sp³-hybridized carbons (Fsp3) is 0.581. The van der Waals surface area contributed by atoms with Gasteiger partial charge in [-0.25, -0.2) is 4.79 Å². The molecule has 2 amide bonds. The van der Waals surface area contributed by atoms with Crippen molar-refractivity contribution in [3.63, 3.8) is 0 Å². The molecule has 1 aliphatic carbocycles. The first-order chi connectivity index (χ1) is 17.2. The topological polar surface area (TPSA) is 35.6 Å². The van der Waals surface area contributed by atoms with Crippen LogP contribution in [0, 0.1) is 11.8 Å². The lowest BCUT2D eigenvalue weighted by molar-refractivity contribution is 0.196. The summed E-state index contributed by atoms with van der Waals surface area (Å²) in [7, 11) is 0. The molecular formula is C31H43N3O. The second-order valence-corrected chi connectivity index (χ2v) is 11.3. The van der Waals surface area contributed by atoms with E-state index in [1.807, 2.05) is 0 Å². The van der Waals surface area contributed by atoms with Crippen molar-refractivity contribution in [3.8, 4) is 0 Å². The van der Waals surface area contributed by atoms with Gasteiger partial charge in [0.25, 0.3) is 0 Å². The summed E-state index contributed by atoms with van der Waals surface area (Å²) in [5, 5.41) is 3.36. The van der Waals surface area contributed by atoms with Gasteiger partial charge in [-0.2, -0.15) is 0 Å². The highest BCUT2D eigenvalue weighted by Crippen LogP contribution is 2.35. The minimum Gasteiger partial charge on any atom is -0.335 e. The molecule has 0 spiro atoms. The van der Waals surface area contributed by atoms with Gasteiger partial charge in [0.15, 0.2) is 0 Å². The number of hydrogen-bond donors (Lipinski definition) is 1. The Labute approximate surface area is 212 Å². The van der Waals surface area contributed by atoms with Crippen LogP contribution in [0.4, 0.5) is 4.79 Å². The average Bonchev–Trinajstić information content (AvgIpc) is 3.53. The van der Waals surface area contributed by atoms with E-state index in [9.17, 15) is 4.79 Å². The molecule has 2 aromatic carbocycles. The van der Waals surface area contributed by atoms with Crippen molar-refractivity contribution >= 4 is 6.03 Å². The third-order valence-corrected chi connectivity index (χ3v) is 8.67. The molecule has 3 atom stereocenters. The van der Waals surface area contributed by atoms with Gasteiger partial charge in [-0.3, -0.25) is 0 Å². The zero-order valence-electron chi connectivity index (χ0n) is 21.3. The minimum absolute atomic E-state index is 0.167. The Kier molecular flexibility index (Phi) is 8.41. The monoisotopic (exact) mass is 473 g/mol. The van der Waals surface area contributed by atoms with Crippen molar-refractivity contribution in [2.75, 3.05) is 32.7 Å². The van der Waals surface area contributed by atoms with Crippen LogP contribution in [-0.4, -0.2) is 54.6 Å². The fourth-order valence-corrected chi connectivity index (χ4v) is 6.70. The predicted molar refractivity (Wildman–Crippen MR) is 144 cm³/mol. The maximum absolute atomic E-state index is 13.2. The van der Waals surface area contributed by atoms with Crippen LogP contribution in [0.3, 0.4) is 0 Å². The summed E-state index contributed by atoms with van der Waals surface area (Å²) >= 11 is 0. The van der Waals surface area contributed by atoms with E-state index >= 15 is 0 Å². The summed E-state index contributed by atoms with van der Waals surface area (Å²) in [5.41, 5.74) is 2.86. The number of urea groups is 1. The van der Waals surface area contributed by atoms with E-state index < -0.39 is 0 Å². The highest BCUT2D eigenvalue weighted by Gasteiger charge is 2.38. The van der Waals surface area contributed by atoms with E-state index in [-0.39, 0.29) is 6.03 Å². The van der Waals surface area contributed by atoms with Crippen molar-refractivity contribution in [1.82, 2.24) is 15.1 Å². The summed E-state index contributed by atoms with van der Waals surface area (Å²) in [6, 6.07) is 22.4. The number of nitrogens with zero attached hydrogens (tertiary/aromatic N) is 2. The SMILES string of the molecule is O=C(NC1CCCCC1)N1C[C@H](CN2CCC(CCCc3ccccc3)C2)[C@@H](c2ccccc2)C1. The quantitative estimate of drug-likeness (QED) is 0.504. The molecule has 188 valence electrons. The van der Waals surface area contributed by atoms with Gasteiger partial charge in [-0.05, 0) is 68.0 Å². The van der Waals surface area contributed by atoms with E-state index in [0.29, 0.717) is 17.9 Å². The van der Waals surface area contributed by atoms with Gasteiger partial charge in [-0.15, -0.1) is 0 Å². The normalized spacial score (nSPS) is 25.7. The number of amides is 2. The molecule has 5 rings (SSSR count). The summed E-state index contributed by atoms with van der Waals surface area (Å²) in [6.45, 7) is 5.28. The third kappa shape index (κ3) is 6.67. The number of benzene rings is 2. The lowest BCUT2D eigenvalue weighted by Crippen LogP contribution is -2.45. The van der Waals surface area contributed by atoms with E-state index in [2.05, 4.69) is 75.8 Å². The maximum Gasteiger partial charge on any atom is 0.317 e. The summed E-state index contributed by atoms with van der Waals surface area (Å²) < 4.78 is 0. The van der Waals surface area contributed by atoms with Crippen LogP contribution in [-0.2, 0) is 6.42 Å². The number of hydrogen-bond acceptors (Lipinski definition) is 2. The molecule has 2 aromatic rings. The Hall–Kier alpha value is -2.33. The van der Waals surface area contributed by atoms with Crippen molar-refractivity contribution in [1.29, 1.82) is 0 Å². The van der Waals surface area contributed by atoms with E-state index in [4.69, 9.17) is 0 Å². The molecule has 4 nitrogen and oxygen atoms in total. The van der Waals surface area contributed by atoms with Crippen LogP contribution in [0.25, 0.3) is 0 Å². The van der Waals surface area contributed by atoms with Gasteiger partial charge < -0.3 is 15.1 Å². The molecule has 35 heavy (non-hydrogen) atoms. The predicted octanol–water partition coefficient (Wildman–Crippen LogP) is 6.09. The van der Waals surface area contributed by atoms with Crippen LogP contribution < -0.4 is 5.32 Å². The first-order valence-corrected chi connectivity index (χ1v) is 14.1. The van der Waals surface area contributed by atoms with Gasteiger partial charge in [0.1, 0.15) is 0 Å². The number of rotatable bonds is 8. The highest BCUT2D eigenvalue weighted by molar-refractivity contribution is 5.75. The van der Waals surface area contributed by atoms with E-state index in [1.54, 1.807) is 0 Å². The molecule has 2 heterocycles. The molecule has 1 N–H and O–H groups in total. The molecule has 3 aliphatic rings. The molecule has 3 fully saturated rings. The molecule has 0 aromatic heterocycles. The summed E-state index contributed by atoms with van der Waals surface area (Å²) in [6.07, 6.45) is 11.2. The van der Waals surface area contributed by atoms with E-state index in [1.165, 1.54) is 69.2 Å². The number of nitrogens with one attached hydrogen (secondary N) is 1. The smallest absolute Gasteiger partial charge is 0.317 e. The molecular weight excluding hydrogens is 430 g/mol. The molecule has 2 saturated heterocycles. The molecule has 1 saturated carbocycles. The zero-order chi connectivity index (χ0) is 23.9. The Bertz CT molecular complexity index is 911. The second kappa shape index (κ2) is 12.1. The van der Waals surface area contributed by atoms with Gasteiger partial charge in [0, 0.05) is 38.1 Å². The Morgan fingerprint density at radius 3 is 2.37 bits per heavy atom. The van der Waals surface area contributed by atoms with Crippen molar-refractivity contribution in [3.05, 3.63) is 71.8 Å². The van der Waals surface area contributed by atoms with Gasteiger partial charge in [-0.1, -0.05) is 79.9 Å². The number of carbonyl (C=O) groups excluding carboxylic acids is 1. The number of carbonyl (C=O) groups is 1. The first-order valence-electron chi connectivity index (χ1n) is 14.1. The minimum atomic E-state index is 0.167. The van der Waals surface area contributed by atoms with E-state index in [0.717, 1.165) is 38.4 Å². The maximum atomic E-state index is 13.2.